The van der Waals surface area contributed by atoms with E-state index in [0.717, 1.165) is 0 Å². The van der Waals surface area contributed by atoms with Crippen molar-refractivity contribution in [1.82, 2.24) is 0 Å². The molecule has 2 rings (SSSR count). The van der Waals surface area contributed by atoms with E-state index < -0.39 is 20.8 Å². The fourth-order valence-electron chi connectivity index (χ4n) is 1.54. The zero-order chi connectivity index (χ0) is 10.6. The molecule has 0 heterocycles. The van der Waals surface area contributed by atoms with E-state index in [0.29, 0.717) is 0 Å². The summed E-state index contributed by atoms with van der Waals surface area (Å²) in [7, 11) is 9.87. The molecule has 0 saturated carbocycles. The second kappa shape index (κ2) is 6.00. The first-order valence-electron chi connectivity index (χ1n) is 4.28. The van der Waals surface area contributed by atoms with Crippen LogP contribution in [-0.4, -0.2) is 0 Å². The summed E-state index contributed by atoms with van der Waals surface area (Å²) in [5, 5.41) is 2.79. The molecule has 0 aliphatic heterocycles. The minimum absolute atomic E-state index is 0.826. The SMILES string of the molecule is Cc1ccc(C)c2[cH-]ccc12.[Cl][Zr][Cl]. The Balaban J connectivity index is 0.000000293. The van der Waals surface area contributed by atoms with E-state index in [2.05, 4.69) is 44.2 Å². The van der Waals surface area contributed by atoms with Crippen LogP contribution in [0, 0.1) is 13.8 Å². The van der Waals surface area contributed by atoms with Gasteiger partial charge in [-0.15, -0.1) is 28.5 Å². The van der Waals surface area contributed by atoms with Crippen molar-refractivity contribution in [3.05, 3.63) is 41.5 Å². The van der Waals surface area contributed by atoms with E-state index >= 15 is 0 Å². The standard InChI is InChI=1S/C11H11.2ClH.Zr/c1-8-6-7-9(2)11-5-3-4-10(8)11;;;/h3-7H,1-2H3;2*1H;/q-1;;;+2/p-2. The predicted molar refractivity (Wildman–Crippen MR) is 60.7 cm³/mol. The van der Waals surface area contributed by atoms with E-state index in [4.69, 9.17) is 17.0 Å². The Morgan fingerprint density at radius 2 is 1.64 bits per heavy atom. The third-order valence-corrected chi connectivity index (χ3v) is 2.25. The van der Waals surface area contributed by atoms with Gasteiger partial charge in [-0.05, 0) is 6.92 Å². The second-order valence-corrected chi connectivity index (χ2v) is 6.86. The van der Waals surface area contributed by atoms with Crippen LogP contribution in [-0.2, 0) is 20.8 Å². The fraction of sp³-hybridized carbons (Fsp3) is 0.182. The maximum atomic E-state index is 4.93. The Labute approximate surface area is 103 Å². The average molecular weight is 305 g/mol. The third-order valence-electron chi connectivity index (χ3n) is 2.25. The van der Waals surface area contributed by atoms with Crippen LogP contribution in [0.3, 0.4) is 0 Å². The zero-order valence-corrected chi connectivity index (χ0v) is 12.1. The second-order valence-electron chi connectivity index (χ2n) is 3.12. The van der Waals surface area contributed by atoms with Crippen LogP contribution in [0.4, 0.5) is 0 Å². The van der Waals surface area contributed by atoms with Crippen molar-refractivity contribution in [3.8, 4) is 0 Å². The quantitative estimate of drug-likeness (QED) is 0.626. The number of halogens is 2. The molecule has 0 N–H and O–H groups in total. The van der Waals surface area contributed by atoms with Gasteiger partial charge in [-0.25, -0.2) is 0 Å². The van der Waals surface area contributed by atoms with Crippen molar-refractivity contribution in [1.29, 1.82) is 0 Å². The Morgan fingerprint density at radius 1 is 1.07 bits per heavy atom. The van der Waals surface area contributed by atoms with Crippen LogP contribution >= 0.6 is 17.0 Å². The molecule has 0 atom stereocenters. The number of benzene rings is 1. The van der Waals surface area contributed by atoms with Crippen LogP contribution < -0.4 is 0 Å². The number of hydrogen-bond acceptors (Lipinski definition) is 0. The van der Waals surface area contributed by atoms with Crippen molar-refractivity contribution in [3.63, 3.8) is 0 Å². The van der Waals surface area contributed by atoms with Gasteiger partial charge in [0.2, 0.25) is 0 Å². The average Bonchev–Trinajstić information content (AvgIpc) is 2.62. The topological polar surface area (TPSA) is 0 Å². The normalized spacial score (nSPS) is 9.43. The van der Waals surface area contributed by atoms with Crippen molar-refractivity contribution in [2.45, 2.75) is 13.8 Å². The first-order chi connectivity index (χ1) is 6.70. The molecule has 14 heavy (non-hydrogen) atoms. The van der Waals surface area contributed by atoms with Gasteiger partial charge in [0, 0.05) is 0 Å². The number of rotatable bonds is 0. The van der Waals surface area contributed by atoms with Crippen LogP contribution in [0.1, 0.15) is 11.1 Å². The molecule has 0 nitrogen and oxygen atoms in total. The molecular formula is C11H11Cl2Zr-. The molecule has 0 spiro atoms. The summed E-state index contributed by atoms with van der Waals surface area (Å²) in [5.74, 6) is 0. The van der Waals surface area contributed by atoms with Crippen LogP contribution in [0.2, 0.25) is 0 Å². The van der Waals surface area contributed by atoms with Gasteiger partial charge in [0.1, 0.15) is 0 Å². The summed E-state index contributed by atoms with van der Waals surface area (Å²) in [6.07, 6.45) is 0. The van der Waals surface area contributed by atoms with E-state index in [9.17, 15) is 0 Å². The molecule has 74 valence electrons. The summed E-state index contributed by atoms with van der Waals surface area (Å²) >= 11 is -0.826. The summed E-state index contributed by atoms with van der Waals surface area (Å²) < 4.78 is 0. The monoisotopic (exact) mass is 303 g/mol. The Hall–Kier alpha value is 0.293. The molecule has 2 aromatic rings. The summed E-state index contributed by atoms with van der Waals surface area (Å²) in [5.41, 5.74) is 2.74. The van der Waals surface area contributed by atoms with Gasteiger partial charge in [-0.1, -0.05) is 18.6 Å². The molecule has 0 radical (unpaired) electrons. The molecule has 0 bridgehead atoms. The molecule has 0 aliphatic rings. The first-order valence-corrected chi connectivity index (χ1v) is 10.6. The fourth-order valence-corrected chi connectivity index (χ4v) is 1.54. The first kappa shape index (κ1) is 12.4. The van der Waals surface area contributed by atoms with Gasteiger partial charge in [0.05, 0.1) is 0 Å². The molecular weight excluding hydrogens is 294 g/mol. The van der Waals surface area contributed by atoms with Crippen molar-refractivity contribution >= 4 is 27.8 Å². The minimum atomic E-state index is -0.826. The molecule has 0 saturated heterocycles. The Morgan fingerprint density at radius 3 is 2.21 bits per heavy atom. The van der Waals surface area contributed by atoms with E-state index in [-0.39, 0.29) is 0 Å². The molecule has 0 unspecified atom stereocenters. The Bertz CT molecular complexity index is 371. The van der Waals surface area contributed by atoms with Gasteiger partial charge < -0.3 is 0 Å². The van der Waals surface area contributed by atoms with Crippen molar-refractivity contribution in [2.75, 3.05) is 0 Å². The number of hydrogen-bond donors (Lipinski definition) is 0. The van der Waals surface area contributed by atoms with Gasteiger partial charge in [0.25, 0.3) is 0 Å². The van der Waals surface area contributed by atoms with Gasteiger partial charge in [-0.2, -0.15) is 12.1 Å². The predicted octanol–water partition coefficient (Wildman–Crippen LogP) is 4.55. The summed E-state index contributed by atoms with van der Waals surface area (Å²) in [4.78, 5) is 0. The van der Waals surface area contributed by atoms with Crippen LogP contribution in [0.25, 0.3) is 10.8 Å². The molecule has 3 heteroatoms. The maximum absolute atomic E-state index is 4.93. The van der Waals surface area contributed by atoms with E-state index in [1.165, 1.54) is 21.9 Å². The van der Waals surface area contributed by atoms with Crippen molar-refractivity contribution < 1.29 is 20.8 Å². The summed E-state index contributed by atoms with van der Waals surface area (Å²) in [6, 6.07) is 10.8. The zero-order valence-electron chi connectivity index (χ0n) is 8.14. The van der Waals surface area contributed by atoms with Gasteiger partial charge in [-0.3, -0.25) is 0 Å². The van der Waals surface area contributed by atoms with Crippen LogP contribution in [0.15, 0.2) is 30.3 Å². The molecule has 0 fully saturated rings. The molecule has 0 amide bonds. The van der Waals surface area contributed by atoms with Gasteiger partial charge in [0.15, 0.2) is 0 Å². The van der Waals surface area contributed by atoms with Crippen molar-refractivity contribution in [2.24, 2.45) is 0 Å². The van der Waals surface area contributed by atoms with E-state index in [1.54, 1.807) is 0 Å². The number of fused-ring (bicyclic) bond motifs is 1. The molecule has 0 aromatic heterocycles. The molecule has 0 aliphatic carbocycles. The van der Waals surface area contributed by atoms with E-state index in [1.807, 2.05) is 0 Å². The Kier molecular flexibility index (Phi) is 5.30. The van der Waals surface area contributed by atoms with Crippen LogP contribution in [0.5, 0.6) is 0 Å². The van der Waals surface area contributed by atoms with Gasteiger partial charge >= 0.3 is 37.9 Å². The number of aryl methyl sites for hydroxylation is 2. The molecule has 2 aromatic carbocycles. The third kappa shape index (κ3) is 2.89. The summed E-state index contributed by atoms with van der Waals surface area (Å²) in [6.45, 7) is 4.31.